The molecule has 1 aliphatic rings. The summed E-state index contributed by atoms with van der Waals surface area (Å²) in [6.07, 6.45) is 0.881. The molecule has 0 spiro atoms. The molecule has 8 heteroatoms. The first-order chi connectivity index (χ1) is 9.02. The number of benzene rings is 1. The van der Waals surface area contributed by atoms with Gasteiger partial charge in [-0.25, -0.2) is 13.6 Å². The van der Waals surface area contributed by atoms with Crippen molar-refractivity contribution >= 4 is 43.5 Å². The Hall–Kier alpha value is -0.630. The fourth-order valence-corrected chi connectivity index (χ4v) is 3.21. The van der Waals surface area contributed by atoms with Crippen LogP contribution in [0.4, 0.5) is 0 Å². The highest BCUT2D eigenvalue weighted by atomic mass is 79.9. The van der Waals surface area contributed by atoms with E-state index in [9.17, 15) is 13.2 Å². The standard InChI is InChI=1S/C12H14BrClN2O3S/c1-12(2)5-9(12)16-11(17)7-3-6(20(15,18)19)4-8(13)10(7)14/h3-4,9H,5H2,1-2H3,(H,16,17)(H2,15,18,19). The van der Waals surface area contributed by atoms with Gasteiger partial charge in [0.1, 0.15) is 0 Å². The third kappa shape index (κ3) is 3.16. The van der Waals surface area contributed by atoms with Crippen molar-refractivity contribution in [3.8, 4) is 0 Å². The molecule has 1 amide bonds. The van der Waals surface area contributed by atoms with Crippen molar-refractivity contribution in [2.45, 2.75) is 31.2 Å². The molecule has 1 aliphatic carbocycles. The lowest BCUT2D eigenvalue weighted by molar-refractivity contribution is 0.0946. The van der Waals surface area contributed by atoms with Crippen LogP contribution in [0.3, 0.4) is 0 Å². The SMILES string of the molecule is CC1(C)CC1NC(=O)c1cc(S(N)(=O)=O)cc(Br)c1Cl. The number of carbonyl (C=O) groups excluding carboxylic acids is 1. The molecule has 0 bridgehead atoms. The lowest BCUT2D eigenvalue weighted by Crippen LogP contribution is -2.29. The monoisotopic (exact) mass is 380 g/mol. The summed E-state index contributed by atoms with van der Waals surface area (Å²) >= 11 is 9.17. The molecule has 0 aliphatic heterocycles. The maximum Gasteiger partial charge on any atom is 0.253 e. The van der Waals surface area contributed by atoms with Crippen molar-refractivity contribution in [3.05, 3.63) is 27.2 Å². The van der Waals surface area contributed by atoms with E-state index >= 15 is 0 Å². The normalized spacial score (nSPS) is 20.6. The van der Waals surface area contributed by atoms with Crippen molar-refractivity contribution in [2.24, 2.45) is 10.6 Å². The van der Waals surface area contributed by atoms with Crippen molar-refractivity contribution in [1.29, 1.82) is 0 Å². The summed E-state index contributed by atoms with van der Waals surface area (Å²) < 4.78 is 23.1. The minimum Gasteiger partial charge on any atom is -0.349 e. The largest absolute Gasteiger partial charge is 0.349 e. The average molecular weight is 382 g/mol. The van der Waals surface area contributed by atoms with E-state index in [1.807, 2.05) is 13.8 Å². The summed E-state index contributed by atoms with van der Waals surface area (Å²) in [5, 5.41) is 8.07. The summed E-state index contributed by atoms with van der Waals surface area (Å²) in [5.74, 6) is -0.406. The van der Waals surface area contributed by atoms with E-state index in [0.717, 1.165) is 6.42 Å². The molecular formula is C12H14BrClN2O3S. The molecule has 1 saturated carbocycles. The maximum atomic E-state index is 12.2. The molecule has 1 aromatic rings. The topological polar surface area (TPSA) is 89.3 Å². The number of sulfonamides is 1. The van der Waals surface area contributed by atoms with Gasteiger partial charge in [-0.2, -0.15) is 0 Å². The van der Waals surface area contributed by atoms with Crippen LogP contribution < -0.4 is 10.5 Å². The van der Waals surface area contributed by atoms with Crippen molar-refractivity contribution < 1.29 is 13.2 Å². The zero-order valence-corrected chi connectivity index (χ0v) is 14.1. The van der Waals surface area contributed by atoms with Gasteiger partial charge in [0.05, 0.1) is 15.5 Å². The number of hydrogen-bond acceptors (Lipinski definition) is 3. The number of primary sulfonamides is 1. The molecule has 1 unspecified atom stereocenters. The number of hydrogen-bond donors (Lipinski definition) is 2. The molecule has 5 nitrogen and oxygen atoms in total. The van der Waals surface area contributed by atoms with Crippen LogP contribution in [0.1, 0.15) is 30.6 Å². The van der Waals surface area contributed by atoms with Gasteiger partial charge >= 0.3 is 0 Å². The fourth-order valence-electron chi connectivity index (χ4n) is 1.84. The van der Waals surface area contributed by atoms with Gasteiger partial charge in [0, 0.05) is 10.5 Å². The predicted molar refractivity (Wildman–Crippen MR) is 80.2 cm³/mol. The van der Waals surface area contributed by atoms with Crippen molar-refractivity contribution in [1.82, 2.24) is 5.32 Å². The Morgan fingerprint density at radius 3 is 2.50 bits per heavy atom. The van der Waals surface area contributed by atoms with Crippen LogP contribution in [0.15, 0.2) is 21.5 Å². The Kier molecular flexibility index (Phi) is 3.92. The van der Waals surface area contributed by atoms with E-state index in [1.54, 1.807) is 0 Å². The summed E-state index contributed by atoms with van der Waals surface area (Å²) in [6.45, 7) is 4.08. The molecule has 0 saturated heterocycles. The third-order valence-electron chi connectivity index (χ3n) is 3.39. The van der Waals surface area contributed by atoms with Crippen LogP contribution in [0.5, 0.6) is 0 Å². The molecule has 0 heterocycles. The maximum absolute atomic E-state index is 12.2. The van der Waals surface area contributed by atoms with Gasteiger partial charge < -0.3 is 5.32 Å². The number of halogens is 2. The summed E-state index contributed by atoms with van der Waals surface area (Å²) in [5.41, 5.74) is 0.157. The average Bonchev–Trinajstić information content (AvgIpc) is 2.87. The molecule has 1 fully saturated rings. The van der Waals surface area contributed by atoms with Gasteiger partial charge in [0.25, 0.3) is 5.91 Å². The van der Waals surface area contributed by atoms with E-state index in [2.05, 4.69) is 21.2 Å². The zero-order chi connectivity index (χ0) is 15.3. The molecule has 20 heavy (non-hydrogen) atoms. The second-order valence-electron chi connectivity index (χ2n) is 5.53. The van der Waals surface area contributed by atoms with Crippen LogP contribution in [0.25, 0.3) is 0 Å². The highest BCUT2D eigenvalue weighted by Crippen LogP contribution is 2.44. The predicted octanol–water partition coefficient (Wildman–Crippen LogP) is 2.28. The molecule has 2 rings (SSSR count). The molecule has 1 aromatic carbocycles. The number of amides is 1. The van der Waals surface area contributed by atoms with E-state index in [0.29, 0.717) is 4.47 Å². The Balaban J connectivity index is 2.36. The molecule has 110 valence electrons. The lowest BCUT2D eigenvalue weighted by Gasteiger charge is -2.11. The lowest BCUT2D eigenvalue weighted by atomic mass is 10.1. The quantitative estimate of drug-likeness (QED) is 0.841. The summed E-state index contributed by atoms with van der Waals surface area (Å²) in [4.78, 5) is 12.0. The van der Waals surface area contributed by atoms with Gasteiger partial charge in [-0.05, 0) is 39.9 Å². The first kappa shape index (κ1) is 15.8. The fraction of sp³-hybridized carbons (Fsp3) is 0.417. The molecular weight excluding hydrogens is 368 g/mol. The van der Waals surface area contributed by atoms with Crippen LogP contribution in [-0.2, 0) is 10.0 Å². The van der Waals surface area contributed by atoms with Crippen molar-refractivity contribution in [3.63, 3.8) is 0 Å². The molecule has 0 aromatic heterocycles. The summed E-state index contributed by atoms with van der Waals surface area (Å²) in [7, 11) is -3.90. The number of carbonyl (C=O) groups is 1. The van der Waals surface area contributed by atoms with E-state index in [4.69, 9.17) is 16.7 Å². The first-order valence-electron chi connectivity index (χ1n) is 5.85. The second kappa shape index (κ2) is 4.98. The Morgan fingerprint density at radius 1 is 1.50 bits per heavy atom. The van der Waals surface area contributed by atoms with E-state index in [-0.39, 0.29) is 26.9 Å². The Morgan fingerprint density at radius 2 is 2.05 bits per heavy atom. The van der Waals surface area contributed by atoms with Gasteiger partial charge in [0.2, 0.25) is 10.0 Å². The van der Waals surface area contributed by atoms with Gasteiger partial charge in [0.15, 0.2) is 0 Å². The highest BCUT2D eigenvalue weighted by Gasteiger charge is 2.46. The molecule has 0 radical (unpaired) electrons. The Labute approximate surface area is 131 Å². The van der Waals surface area contributed by atoms with E-state index < -0.39 is 15.9 Å². The van der Waals surface area contributed by atoms with Gasteiger partial charge in [-0.3, -0.25) is 4.79 Å². The van der Waals surface area contributed by atoms with Gasteiger partial charge in [-0.15, -0.1) is 0 Å². The van der Waals surface area contributed by atoms with Crippen LogP contribution >= 0.6 is 27.5 Å². The number of nitrogens with one attached hydrogen (secondary N) is 1. The van der Waals surface area contributed by atoms with E-state index in [1.165, 1.54) is 12.1 Å². The number of nitrogens with two attached hydrogens (primary N) is 1. The third-order valence-corrected chi connectivity index (χ3v) is 5.55. The minimum atomic E-state index is -3.90. The zero-order valence-electron chi connectivity index (χ0n) is 10.9. The number of rotatable bonds is 3. The summed E-state index contributed by atoms with van der Waals surface area (Å²) in [6, 6.07) is 2.53. The van der Waals surface area contributed by atoms with Crippen LogP contribution in [0.2, 0.25) is 5.02 Å². The van der Waals surface area contributed by atoms with Crippen LogP contribution in [0, 0.1) is 5.41 Å². The molecule has 1 atom stereocenters. The minimum absolute atomic E-state index is 0.0664. The first-order valence-corrected chi connectivity index (χ1v) is 8.57. The van der Waals surface area contributed by atoms with Crippen LogP contribution in [-0.4, -0.2) is 20.4 Å². The smallest absolute Gasteiger partial charge is 0.253 e. The van der Waals surface area contributed by atoms with Crippen molar-refractivity contribution in [2.75, 3.05) is 0 Å². The molecule has 3 N–H and O–H groups in total. The Bertz CT molecular complexity index is 688. The highest BCUT2D eigenvalue weighted by molar-refractivity contribution is 9.10. The van der Waals surface area contributed by atoms with Gasteiger partial charge in [-0.1, -0.05) is 25.4 Å². The second-order valence-corrected chi connectivity index (χ2v) is 8.32.